The zero-order valence-electron chi connectivity index (χ0n) is 19.7. The van der Waals surface area contributed by atoms with Gasteiger partial charge in [0.1, 0.15) is 5.69 Å². The molecule has 4 heterocycles. The molecule has 0 radical (unpaired) electrons. The van der Waals surface area contributed by atoms with E-state index in [9.17, 15) is 5.11 Å². The lowest BCUT2D eigenvalue weighted by atomic mass is 9.50. The molecule has 34 heavy (non-hydrogen) atoms. The van der Waals surface area contributed by atoms with Crippen molar-refractivity contribution in [2.24, 2.45) is 5.92 Å². The largest absolute Gasteiger partial charge is 0.389 e. The van der Waals surface area contributed by atoms with Crippen LogP contribution in [0.25, 0.3) is 16.6 Å². The number of piperazine rings is 1. The van der Waals surface area contributed by atoms with Crippen LogP contribution in [-0.2, 0) is 10.3 Å². The van der Waals surface area contributed by atoms with E-state index in [2.05, 4.69) is 45.7 Å². The predicted molar refractivity (Wildman–Crippen MR) is 131 cm³/mol. The SMILES string of the molecule is C[C@@H]1CN(c2cc3c(cnn3-c3cnn(C45CC(C4)C5)c3)cc2Cl)CCN1[C@]1(C)COC[C@H]1O. The molecule has 0 spiro atoms. The number of hydrogen-bond acceptors (Lipinski definition) is 6. The third-order valence-electron chi connectivity index (χ3n) is 8.95. The molecule has 1 N–H and O–H groups in total. The summed E-state index contributed by atoms with van der Waals surface area (Å²) in [5.41, 5.74) is 3.00. The summed E-state index contributed by atoms with van der Waals surface area (Å²) in [6.45, 7) is 7.84. The molecule has 2 saturated heterocycles. The van der Waals surface area contributed by atoms with Crippen LogP contribution in [0.3, 0.4) is 0 Å². The Morgan fingerprint density at radius 3 is 2.65 bits per heavy atom. The lowest BCUT2D eigenvalue weighted by molar-refractivity contribution is -0.0977. The molecule has 3 aliphatic carbocycles. The van der Waals surface area contributed by atoms with Gasteiger partial charge in [0.15, 0.2) is 0 Å². The van der Waals surface area contributed by atoms with Crippen LogP contribution in [0, 0.1) is 5.92 Å². The van der Waals surface area contributed by atoms with Gasteiger partial charge in [-0.05, 0) is 51.2 Å². The summed E-state index contributed by atoms with van der Waals surface area (Å²) in [6.07, 6.45) is 9.29. The molecular formula is C25H31ClN6O2. The highest BCUT2D eigenvalue weighted by Crippen LogP contribution is 2.62. The summed E-state index contributed by atoms with van der Waals surface area (Å²) in [5, 5.41) is 21.7. The highest BCUT2D eigenvalue weighted by Gasteiger charge is 2.58. The molecule has 5 fully saturated rings. The fourth-order valence-corrected chi connectivity index (χ4v) is 7.03. The molecule has 1 aromatic carbocycles. The number of benzene rings is 1. The van der Waals surface area contributed by atoms with Gasteiger partial charge in [0.2, 0.25) is 0 Å². The lowest BCUT2D eigenvalue weighted by Gasteiger charge is -2.61. The topological polar surface area (TPSA) is 71.6 Å². The second kappa shape index (κ2) is 7.20. The van der Waals surface area contributed by atoms with E-state index in [-0.39, 0.29) is 17.1 Å². The first-order chi connectivity index (χ1) is 16.4. The Bertz CT molecular complexity index is 1250. The van der Waals surface area contributed by atoms with Gasteiger partial charge in [0.05, 0.1) is 65.2 Å². The molecule has 2 bridgehead atoms. The van der Waals surface area contributed by atoms with Gasteiger partial charge in [-0.1, -0.05) is 11.6 Å². The van der Waals surface area contributed by atoms with Crippen LogP contribution in [0.1, 0.15) is 33.1 Å². The van der Waals surface area contributed by atoms with E-state index in [1.54, 1.807) is 0 Å². The maximum absolute atomic E-state index is 10.5. The first kappa shape index (κ1) is 21.2. The number of hydrogen-bond donors (Lipinski definition) is 1. The monoisotopic (exact) mass is 482 g/mol. The van der Waals surface area contributed by atoms with E-state index in [1.807, 2.05) is 23.1 Å². The Morgan fingerprint density at radius 1 is 1.15 bits per heavy atom. The summed E-state index contributed by atoms with van der Waals surface area (Å²) < 4.78 is 9.74. The third kappa shape index (κ3) is 2.89. The zero-order valence-corrected chi connectivity index (χ0v) is 20.4. The number of halogens is 1. The minimum absolute atomic E-state index is 0.262. The number of aromatic nitrogens is 4. The molecule has 0 amide bonds. The molecule has 3 atom stereocenters. The lowest BCUT2D eigenvalue weighted by Crippen LogP contribution is -2.64. The van der Waals surface area contributed by atoms with Crippen molar-refractivity contribution in [2.75, 3.05) is 37.7 Å². The van der Waals surface area contributed by atoms with Crippen molar-refractivity contribution in [3.8, 4) is 5.69 Å². The maximum atomic E-state index is 10.5. The van der Waals surface area contributed by atoms with Crippen molar-refractivity contribution < 1.29 is 9.84 Å². The van der Waals surface area contributed by atoms with Gasteiger partial charge in [-0.15, -0.1) is 0 Å². The van der Waals surface area contributed by atoms with Crippen LogP contribution < -0.4 is 4.90 Å². The number of aliphatic hydroxyl groups excluding tert-OH is 1. The van der Waals surface area contributed by atoms with Gasteiger partial charge < -0.3 is 14.7 Å². The van der Waals surface area contributed by atoms with E-state index in [0.717, 1.165) is 52.9 Å². The first-order valence-corrected chi connectivity index (χ1v) is 12.7. The van der Waals surface area contributed by atoms with Crippen LogP contribution in [0.15, 0.2) is 30.7 Å². The van der Waals surface area contributed by atoms with Crippen molar-refractivity contribution in [1.29, 1.82) is 0 Å². The normalized spacial score (nSPS) is 35.5. The summed E-state index contributed by atoms with van der Waals surface area (Å²) in [7, 11) is 0. The number of anilines is 1. The Morgan fingerprint density at radius 2 is 1.97 bits per heavy atom. The summed E-state index contributed by atoms with van der Waals surface area (Å²) in [4.78, 5) is 4.76. The quantitative estimate of drug-likeness (QED) is 0.616. The molecule has 3 saturated carbocycles. The van der Waals surface area contributed by atoms with Gasteiger partial charge in [-0.3, -0.25) is 9.58 Å². The number of fused-ring (bicyclic) bond motifs is 1. The number of rotatable bonds is 4. The second-order valence-electron chi connectivity index (χ2n) is 11.1. The predicted octanol–water partition coefficient (Wildman–Crippen LogP) is 3.04. The number of nitrogens with zero attached hydrogens (tertiary/aromatic N) is 6. The number of aliphatic hydroxyl groups is 1. The number of ether oxygens (including phenoxy) is 1. The molecule has 2 aliphatic heterocycles. The average Bonchev–Trinajstić information content (AvgIpc) is 3.45. The van der Waals surface area contributed by atoms with E-state index >= 15 is 0 Å². The van der Waals surface area contributed by atoms with Gasteiger partial charge in [-0.25, -0.2) is 4.68 Å². The molecule has 3 aromatic rings. The Hall–Kier alpha value is -2.13. The van der Waals surface area contributed by atoms with Crippen LogP contribution in [0.4, 0.5) is 5.69 Å². The molecule has 0 unspecified atom stereocenters. The Labute approximate surface area is 204 Å². The highest BCUT2D eigenvalue weighted by atomic mass is 35.5. The van der Waals surface area contributed by atoms with Crippen molar-refractivity contribution >= 4 is 28.2 Å². The van der Waals surface area contributed by atoms with Gasteiger partial charge in [0, 0.05) is 31.1 Å². The summed E-state index contributed by atoms with van der Waals surface area (Å²) in [6, 6.07) is 4.45. The van der Waals surface area contributed by atoms with E-state index < -0.39 is 6.10 Å². The highest BCUT2D eigenvalue weighted by molar-refractivity contribution is 6.34. The van der Waals surface area contributed by atoms with E-state index in [0.29, 0.717) is 13.2 Å². The zero-order chi connectivity index (χ0) is 23.2. The minimum Gasteiger partial charge on any atom is -0.389 e. The van der Waals surface area contributed by atoms with Gasteiger partial charge in [-0.2, -0.15) is 10.2 Å². The van der Waals surface area contributed by atoms with Crippen LogP contribution in [0.2, 0.25) is 5.02 Å². The molecule has 8 rings (SSSR count). The summed E-state index contributed by atoms with van der Waals surface area (Å²) >= 11 is 6.78. The van der Waals surface area contributed by atoms with Crippen LogP contribution in [0.5, 0.6) is 0 Å². The molecular weight excluding hydrogens is 452 g/mol. The smallest absolute Gasteiger partial charge is 0.103 e. The molecule has 2 aromatic heterocycles. The van der Waals surface area contributed by atoms with Crippen molar-refractivity contribution in [2.45, 2.75) is 56.3 Å². The van der Waals surface area contributed by atoms with Gasteiger partial charge >= 0.3 is 0 Å². The molecule has 5 aliphatic rings. The maximum Gasteiger partial charge on any atom is 0.103 e. The van der Waals surface area contributed by atoms with Crippen molar-refractivity contribution in [3.05, 3.63) is 35.7 Å². The van der Waals surface area contributed by atoms with Crippen molar-refractivity contribution in [1.82, 2.24) is 24.5 Å². The standard InChI is InChI=1S/C25H31ClN6O2/c1-16-12-29(3-4-30(16)24(2)15-34-14-23(24)33)22-6-21-18(5-20(22)26)10-28-32(21)19-11-27-31(13-19)25-7-17(8-25)9-25/h5-6,10-11,13,16-17,23,33H,3-4,7-9,12,14-15H2,1-2H3/t16-,17?,23-,24-,25?/m1/s1. The van der Waals surface area contributed by atoms with Gasteiger partial charge in [0.25, 0.3) is 0 Å². The van der Waals surface area contributed by atoms with Crippen LogP contribution in [-0.4, -0.2) is 80.1 Å². The second-order valence-corrected chi connectivity index (χ2v) is 11.5. The molecule has 8 nitrogen and oxygen atoms in total. The fourth-order valence-electron chi connectivity index (χ4n) is 6.74. The molecule has 9 heteroatoms. The summed E-state index contributed by atoms with van der Waals surface area (Å²) in [5.74, 6) is 0.915. The third-order valence-corrected chi connectivity index (χ3v) is 9.26. The van der Waals surface area contributed by atoms with Crippen LogP contribution >= 0.6 is 11.6 Å². The fraction of sp³-hybridized carbons (Fsp3) is 0.600. The minimum atomic E-state index is -0.456. The van der Waals surface area contributed by atoms with E-state index in [1.165, 1.54) is 19.3 Å². The molecule has 180 valence electrons. The Kier molecular flexibility index (Phi) is 4.48. The Balaban J connectivity index is 1.17. The van der Waals surface area contributed by atoms with Crippen molar-refractivity contribution in [3.63, 3.8) is 0 Å². The first-order valence-electron chi connectivity index (χ1n) is 12.4. The van der Waals surface area contributed by atoms with E-state index in [4.69, 9.17) is 21.4 Å². The average molecular weight is 483 g/mol.